The first-order chi connectivity index (χ1) is 8.93. The second-order valence-corrected chi connectivity index (χ2v) is 5.65. The van der Waals surface area contributed by atoms with E-state index in [2.05, 4.69) is 21.2 Å². The van der Waals surface area contributed by atoms with Crippen molar-refractivity contribution >= 4 is 27.5 Å². The predicted molar refractivity (Wildman–Crippen MR) is 81.3 cm³/mol. The highest BCUT2D eigenvalue weighted by atomic mass is 79.9. The molecule has 0 unspecified atom stereocenters. The normalized spacial score (nSPS) is 11.1. The number of nitrogens with one attached hydrogen (secondary N) is 1. The van der Waals surface area contributed by atoms with E-state index in [1.165, 1.54) is 0 Å². The summed E-state index contributed by atoms with van der Waals surface area (Å²) < 4.78 is 1.02. The van der Waals surface area contributed by atoms with Gasteiger partial charge in [0.1, 0.15) is 0 Å². The molecule has 0 spiro atoms. The van der Waals surface area contributed by atoms with Crippen molar-refractivity contribution in [1.29, 1.82) is 0 Å². The number of rotatable bonds is 6. The van der Waals surface area contributed by atoms with Crippen LogP contribution in [0.25, 0.3) is 0 Å². The maximum Gasteiger partial charge on any atom is 0.238 e. The lowest BCUT2D eigenvalue weighted by atomic mass is 10.2. The fraction of sp³-hybridized carbons (Fsp3) is 0.500. The van der Waals surface area contributed by atoms with Gasteiger partial charge in [-0.25, -0.2) is 0 Å². The summed E-state index contributed by atoms with van der Waals surface area (Å²) in [6, 6.07) is 5.93. The number of carbonyl (C=O) groups excluding carboxylic acids is 1. The molecule has 0 aliphatic carbocycles. The highest BCUT2D eigenvalue weighted by molar-refractivity contribution is 9.10. The number of halogens is 1. The van der Waals surface area contributed by atoms with Crippen molar-refractivity contribution in [3.63, 3.8) is 0 Å². The number of nitrogens with zero attached hydrogens (tertiary/aromatic N) is 1. The lowest BCUT2D eigenvalue weighted by molar-refractivity contribution is -0.117. The summed E-state index contributed by atoms with van der Waals surface area (Å²) in [5.41, 5.74) is 1.87. The molecular weight excluding hydrogens is 308 g/mol. The van der Waals surface area contributed by atoms with Gasteiger partial charge in [-0.3, -0.25) is 9.69 Å². The molecule has 2 N–H and O–H groups in total. The summed E-state index contributed by atoms with van der Waals surface area (Å²) in [7, 11) is 0. The molecule has 0 bridgehead atoms. The lowest BCUT2D eigenvalue weighted by Gasteiger charge is -2.24. The molecule has 0 aromatic heterocycles. The van der Waals surface area contributed by atoms with Crippen LogP contribution < -0.4 is 5.32 Å². The van der Waals surface area contributed by atoms with Crippen molar-refractivity contribution in [1.82, 2.24) is 4.90 Å². The molecule has 5 heteroatoms. The molecule has 0 saturated carbocycles. The van der Waals surface area contributed by atoms with Crippen LogP contribution >= 0.6 is 15.9 Å². The summed E-state index contributed by atoms with van der Waals surface area (Å²) in [6.07, 6.45) is 0. The Morgan fingerprint density at radius 1 is 1.47 bits per heavy atom. The number of hydrogen-bond acceptors (Lipinski definition) is 3. The standard InChI is InChI=1S/C14H21BrN2O2/c1-10(2)17(6-7-18)9-14(19)16-12-4-5-13(15)11(3)8-12/h4-5,8,10,18H,6-7,9H2,1-3H3,(H,16,19). The van der Waals surface area contributed by atoms with Crippen molar-refractivity contribution in [2.24, 2.45) is 0 Å². The molecule has 1 aromatic rings. The highest BCUT2D eigenvalue weighted by Gasteiger charge is 2.13. The predicted octanol–water partition coefficient (Wildman–Crippen LogP) is 2.40. The van der Waals surface area contributed by atoms with Gasteiger partial charge >= 0.3 is 0 Å². The largest absolute Gasteiger partial charge is 0.395 e. The SMILES string of the molecule is Cc1cc(NC(=O)CN(CCO)C(C)C)ccc1Br. The van der Waals surface area contributed by atoms with Gasteiger partial charge in [-0.05, 0) is 44.5 Å². The van der Waals surface area contributed by atoms with Crippen LogP contribution in [0.5, 0.6) is 0 Å². The van der Waals surface area contributed by atoms with Gasteiger partial charge < -0.3 is 10.4 Å². The van der Waals surface area contributed by atoms with Crippen molar-refractivity contribution in [3.8, 4) is 0 Å². The topological polar surface area (TPSA) is 52.6 Å². The second-order valence-electron chi connectivity index (χ2n) is 4.80. The van der Waals surface area contributed by atoms with Crippen LogP contribution in [0, 0.1) is 6.92 Å². The van der Waals surface area contributed by atoms with Gasteiger partial charge in [-0.15, -0.1) is 0 Å². The zero-order valence-electron chi connectivity index (χ0n) is 11.6. The van der Waals surface area contributed by atoms with Gasteiger partial charge in [-0.1, -0.05) is 15.9 Å². The number of carbonyl (C=O) groups is 1. The number of amides is 1. The zero-order valence-corrected chi connectivity index (χ0v) is 13.2. The second kappa shape index (κ2) is 7.62. The van der Waals surface area contributed by atoms with E-state index in [-0.39, 0.29) is 25.1 Å². The third-order valence-corrected chi connectivity index (χ3v) is 3.80. The number of hydrogen-bond donors (Lipinski definition) is 2. The molecule has 0 heterocycles. The van der Waals surface area contributed by atoms with Gasteiger partial charge in [0.15, 0.2) is 0 Å². The van der Waals surface area contributed by atoms with E-state index in [1.807, 2.05) is 43.9 Å². The number of aliphatic hydroxyl groups excluding tert-OH is 1. The minimum Gasteiger partial charge on any atom is -0.395 e. The molecule has 0 saturated heterocycles. The molecule has 4 nitrogen and oxygen atoms in total. The monoisotopic (exact) mass is 328 g/mol. The van der Waals surface area contributed by atoms with E-state index in [9.17, 15) is 4.79 Å². The average Bonchev–Trinajstić information content (AvgIpc) is 2.33. The Kier molecular flexibility index (Phi) is 6.48. The third-order valence-electron chi connectivity index (χ3n) is 2.91. The smallest absolute Gasteiger partial charge is 0.238 e. The minimum atomic E-state index is -0.0659. The van der Waals surface area contributed by atoms with Crippen LogP contribution in [0.4, 0.5) is 5.69 Å². The fourth-order valence-corrected chi connectivity index (χ4v) is 2.00. The summed E-state index contributed by atoms with van der Waals surface area (Å²) in [4.78, 5) is 13.9. The molecular formula is C14H21BrN2O2. The van der Waals surface area contributed by atoms with Crippen molar-refractivity contribution in [2.45, 2.75) is 26.8 Å². The number of aliphatic hydroxyl groups is 1. The molecule has 0 fully saturated rings. The molecule has 0 atom stereocenters. The molecule has 0 aliphatic heterocycles. The molecule has 1 amide bonds. The van der Waals surface area contributed by atoms with Crippen LogP contribution in [0.15, 0.2) is 22.7 Å². The quantitative estimate of drug-likeness (QED) is 0.843. The number of benzene rings is 1. The van der Waals surface area contributed by atoms with E-state index in [0.29, 0.717) is 6.54 Å². The van der Waals surface area contributed by atoms with Crippen LogP contribution in [-0.4, -0.2) is 41.7 Å². The molecule has 1 rings (SSSR count). The minimum absolute atomic E-state index is 0.0584. The van der Waals surface area contributed by atoms with Crippen LogP contribution in [0.1, 0.15) is 19.4 Å². The van der Waals surface area contributed by atoms with E-state index in [1.54, 1.807) is 0 Å². The maximum absolute atomic E-state index is 12.0. The number of anilines is 1. The zero-order chi connectivity index (χ0) is 14.4. The Morgan fingerprint density at radius 2 is 2.16 bits per heavy atom. The molecule has 0 aliphatic rings. The van der Waals surface area contributed by atoms with Gasteiger partial charge in [0, 0.05) is 22.7 Å². The Balaban J connectivity index is 2.61. The summed E-state index contributed by atoms with van der Waals surface area (Å²) in [5, 5.41) is 11.8. The van der Waals surface area contributed by atoms with Gasteiger partial charge in [0.2, 0.25) is 5.91 Å². The van der Waals surface area contributed by atoms with Gasteiger partial charge in [-0.2, -0.15) is 0 Å². The first kappa shape index (κ1) is 16.1. The Morgan fingerprint density at radius 3 is 2.68 bits per heavy atom. The first-order valence-electron chi connectivity index (χ1n) is 6.35. The summed E-state index contributed by atoms with van der Waals surface area (Å²) >= 11 is 3.43. The molecule has 0 radical (unpaired) electrons. The lowest BCUT2D eigenvalue weighted by Crippen LogP contribution is -2.39. The molecule has 1 aromatic carbocycles. The van der Waals surface area contributed by atoms with Crippen molar-refractivity contribution in [3.05, 3.63) is 28.2 Å². The van der Waals surface area contributed by atoms with Crippen LogP contribution in [0.2, 0.25) is 0 Å². The average molecular weight is 329 g/mol. The van der Waals surface area contributed by atoms with Crippen molar-refractivity contribution in [2.75, 3.05) is 25.0 Å². The van der Waals surface area contributed by atoms with Crippen molar-refractivity contribution < 1.29 is 9.90 Å². The van der Waals surface area contributed by atoms with Crippen LogP contribution in [-0.2, 0) is 4.79 Å². The maximum atomic E-state index is 12.0. The van der Waals surface area contributed by atoms with E-state index in [0.717, 1.165) is 15.7 Å². The first-order valence-corrected chi connectivity index (χ1v) is 7.14. The van der Waals surface area contributed by atoms with E-state index >= 15 is 0 Å². The Labute approximate surface area is 122 Å². The van der Waals surface area contributed by atoms with E-state index < -0.39 is 0 Å². The highest BCUT2D eigenvalue weighted by Crippen LogP contribution is 2.19. The van der Waals surface area contributed by atoms with E-state index in [4.69, 9.17) is 5.11 Å². The summed E-state index contributed by atoms with van der Waals surface area (Å²) in [5.74, 6) is -0.0659. The Hall–Kier alpha value is -0.910. The number of aryl methyl sites for hydroxylation is 1. The Bertz CT molecular complexity index is 435. The van der Waals surface area contributed by atoms with Gasteiger partial charge in [0.05, 0.1) is 13.2 Å². The van der Waals surface area contributed by atoms with Gasteiger partial charge in [0.25, 0.3) is 0 Å². The molecule has 19 heavy (non-hydrogen) atoms. The summed E-state index contributed by atoms with van der Waals surface area (Å²) in [6.45, 7) is 6.84. The fourth-order valence-electron chi connectivity index (χ4n) is 1.76. The van der Waals surface area contributed by atoms with Crippen LogP contribution in [0.3, 0.4) is 0 Å². The third kappa shape index (κ3) is 5.30. The molecule has 106 valence electrons.